The number of nitrogens with two attached hydrogens (primary N) is 1. The van der Waals surface area contributed by atoms with Crippen LogP contribution >= 0.6 is 12.2 Å². The quantitative estimate of drug-likeness (QED) is 0.753. The van der Waals surface area contributed by atoms with Gasteiger partial charge in [0.2, 0.25) is 0 Å². The Balaban J connectivity index is 2.08. The Morgan fingerprint density at radius 3 is 2.27 bits per heavy atom. The predicted molar refractivity (Wildman–Crippen MR) is 62.8 cm³/mol. The maximum atomic E-state index is 11.6. The Hall–Kier alpha value is -1.42. The van der Waals surface area contributed by atoms with E-state index in [9.17, 15) is 4.79 Å². The fourth-order valence-electron chi connectivity index (χ4n) is 1.28. The maximum Gasteiger partial charge on any atom is 0.251 e. The van der Waals surface area contributed by atoms with Gasteiger partial charge in [-0.05, 0) is 25.0 Å². The Morgan fingerprint density at radius 1 is 1.27 bits per heavy atom. The summed E-state index contributed by atoms with van der Waals surface area (Å²) < 4.78 is 0. The summed E-state index contributed by atoms with van der Waals surface area (Å²) in [4.78, 5) is 12.0. The molecule has 1 saturated carbocycles. The van der Waals surface area contributed by atoms with Crippen LogP contribution in [0.15, 0.2) is 24.3 Å². The first-order chi connectivity index (χ1) is 7.16. The van der Waals surface area contributed by atoms with Gasteiger partial charge in [-0.15, -0.1) is 0 Å². The standard InChI is InChI=1S/C11H12N2OS/c12-10(15)7-1-3-8(4-2-7)11(14)13-9-5-6-9/h1-4,9H,5-6H2,(H2,12,15)(H,13,14). The molecule has 0 spiro atoms. The molecule has 2 rings (SSSR count). The van der Waals surface area contributed by atoms with Crippen molar-refractivity contribution in [2.45, 2.75) is 18.9 Å². The highest BCUT2D eigenvalue weighted by atomic mass is 32.1. The lowest BCUT2D eigenvalue weighted by Crippen LogP contribution is -2.25. The summed E-state index contributed by atoms with van der Waals surface area (Å²) in [6, 6.07) is 7.40. The van der Waals surface area contributed by atoms with Gasteiger partial charge >= 0.3 is 0 Å². The van der Waals surface area contributed by atoms with Crippen molar-refractivity contribution in [1.82, 2.24) is 5.32 Å². The highest BCUT2D eigenvalue weighted by molar-refractivity contribution is 7.80. The second kappa shape index (κ2) is 3.98. The van der Waals surface area contributed by atoms with Crippen molar-refractivity contribution in [3.05, 3.63) is 35.4 Å². The third-order valence-electron chi connectivity index (χ3n) is 2.34. The largest absolute Gasteiger partial charge is 0.389 e. The second-order valence-corrected chi connectivity index (χ2v) is 4.13. The van der Waals surface area contributed by atoms with Gasteiger partial charge in [0.15, 0.2) is 0 Å². The molecule has 78 valence electrons. The van der Waals surface area contributed by atoms with Gasteiger partial charge in [-0.3, -0.25) is 4.79 Å². The van der Waals surface area contributed by atoms with Crippen LogP contribution in [-0.4, -0.2) is 16.9 Å². The van der Waals surface area contributed by atoms with Crippen LogP contribution in [0.1, 0.15) is 28.8 Å². The first-order valence-electron chi connectivity index (χ1n) is 4.87. The average Bonchev–Trinajstić information content (AvgIpc) is 3.02. The molecular formula is C11H12N2OS. The molecule has 1 fully saturated rings. The molecule has 4 heteroatoms. The van der Waals surface area contributed by atoms with Crippen molar-refractivity contribution in [2.24, 2.45) is 5.73 Å². The van der Waals surface area contributed by atoms with Crippen LogP contribution in [0.5, 0.6) is 0 Å². The zero-order valence-corrected chi connectivity index (χ0v) is 9.01. The molecule has 15 heavy (non-hydrogen) atoms. The van der Waals surface area contributed by atoms with E-state index in [2.05, 4.69) is 5.32 Å². The number of carbonyl (C=O) groups is 1. The predicted octanol–water partition coefficient (Wildman–Crippen LogP) is 1.21. The molecule has 1 aliphatic carbocycles. The minimum Gasteiger partial charge on any atom is -0.389 e. The molecule has 1 aromatic rings. The van der Waals surface area contributed by atoms with Gasteiger partial charge in [0.25, 0.3) is 5.91 Å². The number of hydrogen-bond donors (Lipinski definition) is 2. The first-order valence-corrected chi connectivity index (χ1v) is 5.28. The molecule has 1 aliphatic rings. The first kappa shape index (κ1) is 10.1. The van der Waals surface area contributed by atoms with Crippen LogP contribution in [-0.2, 0) is 0 Å². The van der Waals surface area contributed by atoms with E-state index in [0.29, 0.717) is 16.6 Å². The summed E-state index contributed by atoms with van der Waals surface area (Å²) in [7, 11) is 0. The summed E-state index contributed by atoms with van der Waals surface area (Å²) >= 11 is 4.83. The van der Waals surface area contributed by atoms with E-state index in [1.165, 1.54) is 0 Å². The van der Waals surface area contributed by atoms with Crippen LogP contribution in [0.3, 0.4) is 0 Å². The lowest BCUT2D eigenvalue weighted by molar-refractivity contribution is 0.0951. The van der Waals surface area contributed by atoms with Crippen LogP contribution in [0, 0.1) is 0 Å². The normalized spacial score (nSPS) is 14.7. The van der Waals surface area contributed by atoms with Crippen molar-refractivity contribution in [1.29, 1.82) is 0 Å². The highest BCUT2D eigenvalue weighted by Gasteiger charge is 2.23. The molecule has 0 aliphatic heterocycles. The van der Waals surface area contributed by atoms with Crippen molar-refractivity contribution >= 4 is 23.1 Å². The Labute approximate surface area is 93.7 Å². The fourth-order valence-corrected chi connectivity index (χ4v) is 1.42. The minimum atomic E-state index is -0.0213. The van der Waals surface area contributed by atoms with Gasteiger partial charge < -0.3 is 11.1 Å². The van der Waals surface area contributed by atoms with Crippen molar-refractivity contribution in [3.8, 4) is 0 Å². The third kappa shape index (κ3) is 2.53. The van der Waals surface area contributed by atoms with E-state index in [1.807, 2.05) is 0 Å². The molecular weight excluding hydrogens is 208 g/mol. The van der Waals surface area contributed by atoms with Gasteiger partial charge in [-0.1, -0.05) is 24.4 Å². The average molecular weight is 220 g/mol. The summed E-state index contributed by atoms with van der Waals surface area (Å²) in [5, 5.41) is 2.92. The van der Waals surface area contributed by atoms with Crippen LogP contribution in [0.4, 0.5) is 0 Å². The molecule has 0 atom stereocenters. The number of thiocarbonyl (C=S) groups is 1. The molecule has 0 heterocycles. The molecule has 0 unspecified atom stereocenters. The summed E-state index contributed by atoms with van der Waals surface area (Å²) in [5.74, 6) is -0.0213. The number of nitrogens with one attached hydrogen (secondary N) is 1. The molecule has 1 amide bonds. The molecule has 3 N–H and O–H groups in total. The molecule has 0 aromatic heterocycles. The van der Waals surface area contributed by atoms with Crippen molar-refractivity contribution < 1.29 is 4.79 Å². The van der Waals surface area contributed by atoms with Crippen molar-refractivity contribution in [3.63, 3.8) is 0 Å². The fraction of sp³-hybridized carbons (Fsp3) is 0.273. The highest BCUT2D eigenvalue weighted by Crippen LogP contribution is 2.19. The topological polar surface area (TPSA) is 55.1 Å². The second-order valence-electron chi connectivity index (χ2n) is 3.69. The third-order valence-corrected chi connectivity index (χ3v) is 2.58. The molecule has 3 nitrogen and oxygen atoms in total. The number of amides is 1. The smallest absolute Gasteiger partial charge is 0.251 e. The van der Waals surface area contributed by atoms with Crippen LogP contribution in [0.2, 0.25) is 0 Å². The SMILES string of the molecule is NC(=S)c1ccc(C(=O)NC2CC2)cc1. The number of benzene rings is 1. The number of rotatable bonds is 3. The minimum absolute atomic E-state index is 0.0213. The van der Waals surface area contributed by atoms with E-state index in [-0.39, 0.29) is 5.91 Å². The van der Waals surface area contributed by atoms with Gasteiger partial charge in [0, 0.05) is 17.2 Å². The molecule has 0 bridgehead atoms. The Morgan fingerprint density at radius 2 is 1.80 bits per heavy atom. The van der Waals surface area contributed by atoms with Gasteiger partial charge in [-0.2, -0.15) is 0 Å². The summed E-state index contributed by atoms with van der Waals surface area (Å²) in [6.45, 7) is 0. The molecule has 0 radical (unpaired) electrons. The van der Waals surface area contributed by atoms with Gasteiger partial charge in [-0.25, -0.2) is 0 Å². The molecule has 0 saturated heterocycles. The van der Waals surface area contributed by atoms with E-state index in [4.69, 9.17) is 18.0 Å². The van der Waals surface area contributed by atoms with E-state index < -0.39 is 0 Å². The van der Waals surface area contributed by atoms with E-state index in [1.54, 1.807) is 24.3 Å². The zero-order valence-electron chi connectivity index (χ0n) is 8.19. The summed E-state index contributed by atoms with van der Waals surface area (Å²) in [6.07, 6.45) is 2.19. The van der Waals surface area contributed by atoms with E-state index in [0.717, 1.165) is 18.4 Å². The number of hydrogen-bond acceptors (Lipinski definition) is 2. The van der Waals surface area contributed by atoms with Gasteiger partial charge in [0.1, 0.15) is 4.99 Å². The maximum absolute atomic E-state index is 11.6. The van der Waals surface area contributed by atoms with Crippen LogP contribution < -0.4 is 11.1 Å². The molecule has 1 aromatic carbocycles. The van der Waals surface area contributed by atoms with Crippen molar-refractivity contribution in [2.75, 3.05) is 0 Å². The zero-order chi connectivity index (χ0) is 10.8. The van der Waals surface area contributed by atoms with Gasteiger partial charge in [0.05, 0.1) is 0 Å². The number of carbonyl (C=O) groups excluding carboxylic acids is 1. The van der Waals surface area contributed by atoms with Crippen LogP contribution in [0.25, 0.3) is 0 Å². The van der Waals surface area contributed by atoms with E-state index >= 15 is 0 Å². The monoisotopic (exact) mass is 220 g/mol. The lowest BCUT2D eigenvalue weighted by Gasteiger charge is -2.03. The summed E-state index contributed by atoms with van der Waals surface area (Å²) in [5.41, 5.74) is 6.90. The Kier molecular flexibility index (Phi) is 2.68. The Bertz CT molecular complexity index is 396. The lowest BCUT2D eigenvalue weighted by atomic mass is 10.1.